The molecule has 0 aromatic carbocycles. The van der Waals surface area contributed by atoms with Crippen molar-refractivity contribution in [3.8, 4) is 0 Å². The first-order valence-electron chi connectivity index (χ1n) is 5.72. The number of hydrogen-bond donors (Lipinski definition) is 0. The van der Waals surface area contributed by atoms with Crippen LogP contribution in [0.4, 0.5) is 0 Å². The van der Waals surface area contributed by atoms with Crippen molar-refractivity contribution in [3.63, 3.8) is 0 Å². The van der Waals surface area contributed by atoms with Gasteiger partial charge < -0.3 is 0 Å². The highest BCUT2D eigenvalue weighted by Crippen LogP contribution is 2.29. The third-order valence-electron chi connectivity index (χ3n) is 2.63. The summed E-state index contributed by atoms with van der Waals surface area (Å²) in [5, 5.41) is 5.63. The fourth-order valence-electron chi connectivity index (χ4n) is 1.85. The molecule has 5 heteroatoms. The zero-order chi connectivity index (χ0) is 12.8. The van der Waals surface area contributed by atoms with E-state index in [0.717, 1.165) is 16.7 Å². The van der Waals surface area contributed by atoms with Crippen molar-refractivity contribution in [1.29, 1.82) is 0 Å². The van der Waals surface area contributed by atoms with Crippen LogP contribution in [0.5, 0.6) is 0 Å². The van der Waals surface area contributed by atoms with Gasteiger partial charge in [0.15, 0.2) is 5.65 Å². The van der Waals surface area contributed by atoms with Crippen molar-refractivity contribution < 1.29 is 0 Å². The minimum atomic E-state index is -0.0737. The van der Waals surface area contributed by atoms with Crippen molar-refractivity contribution >= 4 is 22.6 Å². The smallest absolute Gasteiger partial charge is 0.224 e. The summed E-state index contributed by atoms with van der Waals surface area (Å²) in [6.45, 7) is 10.5. The minimum Gasteiger partial charge on any atom is -0.245 e. The van der Waals surface area contributed by atoms with Crippen molar-refractivity contribution in [3.05, 3.63) is 17.2 Å². The second-order valence-electron chi connectivity index (χ2n) is 5.51. The molecule has 0 spiro atoms. The Morgan fingerprint density at radius 2 is 1.88 bits per heavy atom. The average Bonchev–Trinajstić information content (AvgIpc) is 2.57. The van der Waals surface area contributed by atoms with Gasteiger partial charge in [0.25, 0.3) is 0 Å². The lowest BCUT2D eigenvalue weighted by Crippen LogP contribution is -2.15. The fourth-order valence-corrected chi connectivity index (χ4v) is 2.01. The standard InChI is InChI=1S/C12H17ClN4/c1-7(2)17-10-8(6-14-17)9(12(3,4)5)15-11(13)16-10/h6-7H,1-5H3. The number of nitrogens with zero attached hydrogens (tertiary/aromatic N) is 4. The van der Waals surface area contributed by atoms with Gasteiger partial charge in [0.2, 0.25) is 5.28 Å². The summed E-state index contributed by atoms with van der Waals surface area (Å²) < 4.78 is 1.87. The largest absolute Gasteiger partial charge is 0.245 e. The molecule has 0 saturated heterocycles. The second-order valence-corrected chi connectivity index (χ2v) is 5.85. The van der Waals surface area contributed by atoms with Crippen LogP contribution in [0, 0.1) is 0 Å². The van der Waals surface area contributed by atoms with Crippen LogP contribution in [-0.2, 0) is 5.41 Å². The van der Waals surface area contributed by atoms with E-state index in [-0.39, 0.29) is 16.7 Å². The number of fused-ring (bicyclic) bond motifs is 1. The van der Waals surface area contributed by atoms with E-state index in [9.17, 15) is 0 Å². The zero-order valence-electron chi connectivity index (χ0n) is 10.8. The second kappa shape index (κ2) is 3.95. The Morgan fingerprint density at radius 3 is 2.41 bits per heavy atom. The molecule has 92 valence electrons. The topological polar surface area (TPSA) is 43.6 Å². The van der Waals surface area contributed by atoms with E-state index in [1.54, 1.807) is 0 Å². The van der Waals surface area contributed by atoms with Crippen LogP contribution in [0.1, 0.15) is 46.4 Å². The van der Waals surface area contributed by atoms with Gasteiger partial charge in [-0.15, -0.1) is 0 Å². The SMILES string of the molecule is CC(C)n1ncc2c(C(C)(C)C)nc(Cl)nc21. The van der Waals surface area contributed by atoms with Crippen molar-refractivity contribution in [2.75, 3.05) is 0 Å². The van der Waals surface area contributed by atoms with Gasteiger partial charge >= 0.3 is 0 Å². The molecule has 0 aliphatic carbocycles. The predicted octanol–water partition coefficient (Wildman–Crippen LogP) is 3.36. The molecule has 0 radical (unpaired) electrons. The Morgan fingerprint density at radius 1 is 1.24 bits per heavy atom. The first kappa shape index (κ1) is 12.3. The van der Waals surface area contributed by atoms with E-state index in [0.29, 0.717) is 0 Å². The van der Waals surface area contributed by atoms with Crippen molar-refractivity contribution in [1.82, 2.24) is 19.7 Å². The van der Waals surface area contributed by atoms with Crippen LogP contribution >= 0.6 is 11.6 Å². The Hall–Kier alpha value is -1.16. The van der Waals surface area contributed by atoms with Crippen LogP contribution < -0.4 is 0 Å². The maximum atomic E-state index is 6.00. The van der Waals surface area contributed by atoms with E-state index in [4.69, 9.17) is 11.6 Å². The summed E-state index contributed by atoms with van der Waals surface area (Å²) in [4.78, 5) is 8.63. The van der Waals surface area contributed by atoms with E-state index in [2.05, 4.69) is 49.7 Å². The lowest BCUT2D eigenvalue weighted by molar-refractivity contribution is 0.545. The van der Waals surface area contributed by atoms with Gasteiger partial charge in [0.1, 0.15) is 0 Å². The molecule has 0 aliphatic heterocycles. The Labute approximate surface area is 106 Å². The van der Waals surface area contributed by atoms with Crippen LogP contribution in [-0.4, -0.2) is 19.7 Å². The van der Waals surface area contributed by atoms with Gasteiger partial charge in [-0.1, -0.05) is 20.8 Å². The number of aromatic nitrogens is 4. The van der Waals surface area contributed by atoms with E-state index in [1.807, 2.05) is 10.9 Å². The highest BCUT2D eigenvalue weighted by atomic mass is 35.5. The number of halogens is 1. The van der Waals surface area contributed by atoms with Crippen LogP contribution in [0.25, 0.3) is 11.0 Å². The van der Waals surface area contributed by atoms with Crippen molar-refractivity contribution in [2.45, 2.75) is 46.1 Å². The highest BCUT2D eigenvalue weighted by molar-refractivity contribution is 6.28. The van der Waals surface area contributed by atoms with Crippen molar-refractivity contribution in [2.24, 2.45) is 0 Å². The molecule has 2 heterocycles. The molecule has 2 aromatic rings. The molecular formula is C12H17ClN4. The van der Waals surface area contributed by atoms with Crippen LogP contribution in [0.3, 0.4) is 0 Å². The normalized spacial score (nSPS) is 12.6. The van der Waals surface area contributed by atoms with Crippen LogP contribution in [0.2, 0.25) is 5.28 Å². The molecule has 17 heavy (non-hydrogen) atoms. The minimum absolute atomic E-state index is 0.0737. The molecule has 4 nitrogen and oxygen atoms in total. The van der Waals surface area contributed by atoms with Crippen LogP contribution in [0.15, 0.2) is 6.20 Å². The van der Waals surface area contributed by atoms with E-state index < -0.39 is 0 Å². The molecule has 2 rings (SSSR count). The Kier molecular flexibility index (Phi) is 2.86. The first-order valence-corrected chi connectivity index (χ1v) is 6.09. The molecule has 0 unspecified atom stereocenters. The summed E-state index contributed by atoms with van der Waals surface area (Å²) >= 11 is 6.00. The Bertz CT molecular complexity index is 551. The maximum Gasteiger partial charge on any atom is 0.224 e. The lowest BCUT2D eigenvalue weighted by atomic mass is 9.90. The lowest BCUT2D eigenvalue weighted by Gasteiger charge is -2.18. The predicted molar refractivity (Wildman–Crippen MR) is 69.4 cm³/mol. The van der Waals surface area contributed by atoms with Gasteiger partial charge in [-0.2, -0.15) is 10.1 Å². The molecule has 0 amide bonds. The molecule has 0 fully saturated rings. The van der Waals surface area contributed by atoms with Gasteiger partial charge in [-0.25, -0.2) is 9.67 Å². The summed E-state index contributed by atoms with van der Waals surface area (Å²) in [7, 11) is 0. The summed E-state index contributed by atoms with van der Waals surface area (Å²) in [5.41, 5.74) is 1.68. The molecule has 0 bridgehead atoms. The quantitative estimate of drug-likeness (QED) is 0.731. The zero-order valence-corrected chi connectivity index (χ0v) is 11.6. The summed E-state index contributed by atoms with van der Waals surface area (Å²) in [6, 6.07) is 0.256. The van der Waals surface area contributed by atoms with Gasteiger partial charge in [-0.05, 0) is 25.4 Å². The number of rotatable bonds is 1. The average molecular weight is 253 g/mol. The van der Waals surface area contributed by atoms with Gasteiger partial charge in [0, 0.05) is 11.5 Å². The Balaban J connectivity index is 2.79. The molecule has 0 saturated carbocycles. The molecule has 0 aliphatic rings. The molecular weight excluding hydrogens is 236 g/mol. The summed E-state index contributed by atoms with van der Waals surface area (Å²) in [5.74, 6) is 0. The maximum absolute atomic E-state index is 6.00. The monoisotopic (exact) mass is 252 g/mol. The third kappa shape index (κ3) is 2.14. The summed E-state index contributed by atoms with van der Waals surface area (Å²) in [6.07, 6.45) is 1.83. The van der Waals surface area contributed by atoms with Gasteiger partial charge in [0.05, 0.1) is 17.3 Å². The van der Waals surface area contributed by atoms with E-state index >= 15 is 0 Å². The highest BCUT2D eigenvalue weighted by Gasteiger charge is 2.22. The molecule has 0 atom stereocenters. The van der Waals surface area contributed by atoms with E-state index in [1.165, 1.54) is 0 Å². The van der Waals surface area contributed by atoms with Gasteiger partial charge in [-0.3, -0.25) is 0 Å². The third-order valence-corrected chi connectivity index (χ3v) is 2.80. The fraction of sp³-hybridized carbons (Fsp3) is 0.583. The first-order chi connectivity index (χ1) is 7.80. The molecule has 2 aromatic heterocycles. The number of hydrogen-bond acceptors (Lipinski definition) is 3. The molecule has 0 N–H and O–H groups in total.